The van der Waals surface area contributed by atoms with Crippen molar-refractivity contribution in [2.75, 3.05) is 6.54 Å². The van der Waals surface area contributed by atoms with Crippen LogP contribution < -0.4 is 5.73 Å². The molecule has 1 heterocycles. The van der Waals surface area contributed by atoms with Crippen LogP contribution in [-0.4, -0.2) is 11.7 Å². The van der Waals surface area contributed by atoms with Crippen LogP contribution in [0.2, 0.25) is 0 Å². The van der Waals surface area contributed by atoms with Gasteiger partial charge in [0, 0.05) is 12.0 Å². The second-order valence-electron chi connectivity index (χ2n) is 6.40. The lowest BCUT2D eigenvalue weighted by Crippen LogP contribution is -2.41. The van der Waals surface area contributed by atoms with Gasteiger partial charge in [-0.1, -0.05) is 13.8 Å². The van der Waals surface area contributed by atoms with Gasteiger partial charge in [0.05, 0.1) is 4.47 Å². The third-order valence-corrected chi connectivity index (χ3v) is 6.23. The molecule has 0 aliphatic heterocycles. The predicted molar refractivity (Wildman–Crippen MR) is 82.8 cm³/mol. The molecular weight excluding hydrogens is 374 g/mol. The molecule has 3 nitrogen and oxygen atoms in total. The minimum Gasteiger partial charge on any atom is -0.450 e. The van der Waals surface area contributed by atoms with Gasteiger partial charge in [0.2, 0.25) is 0 Å². The van der Waals surface area contributed by atoms with Crippen LogP contribution in [0.5, 0.6) is 0 Å². The Bertz CT molecular complexity index is 427. The van der Waals surface area contributed by atoms with Crippen LogP contribution in [0.15, 0.2) is 19.6 Å². The molecule has 1 unspecified atom stereocenters. The summed E-state index contributed by atoms with van der Waals surface area (Å²) in [7, 11) is 0. The van der Waals surface area contributed by atoms with Gasteiger partial charge in [-0.25, -0.2) is 0 Å². The molecular formula is C14H21Br2NO2. The van der Waals surface area contributed by atoms with Crippen LogP contribution in [-0.2, 0) is 0 Å². The van der Waals surface area contributed by atoms with E-state index < -0.39 is 6.10 Å². The van der Waals surface area contributed by atoms with Crippen LogP contribution >= 0.6 is 31.9 Å². The van der Waals surface area contributed by atoms with Gasteiger partial charge in [-0.15, -0.1) is 0 Å². The summed E-state index contributed by atoms with van der Waals surface area (Å²) in [5.41, 5.74) is 6.08. The summed E-state index contributed by atoms with van der Waals surface area (Å²) in [4.78, 5) is 0. The minimum atomic E-state index is -0.642. The van der Waals surface area contributed by atoms with Crippen LogP contribution in [0.25, 0.3) is 0 Å². The first kappa shape index (κ1) is 15.5. The molecule has 0 radical (unpaired) electrons. The van der Waals surface area contributed by atoms with Gasteiger partial charge in [0.25, 0.3) is 0 Å². The maximum Gasteiger partial charge on any atom is 0.183 e. The van der Waals surface area contributed by atoms with Crippen molar-refractivity contribution in [3.63, 3.8) is 0 Å². The van der Waals surface area contributed by atoms with Crippen LogP contribution in [0.1, 0.15) is 51.4 Å². The largest absolute Gasteiger partial charge is 0.450 e. The molecule has 3 N–H and O–H groups in total. The van der Waals surface area contributed by atoms with E-state index in [0.717, 1.165) is 30.2 Å². The average molecular weight is 395 g/mol. The lowest BCUT2D eigenvalue weighted by Gasteiger charge is -2.45. The highest BCUT2D eigenvalue weighted by Crippen LogP contribution is 2.51. The number of aliphatic hydroxyl groups excluding tert-OH is 1. The molecule has 5 heteroatoms. The lowest BCUT2D eigenvalue weighted by atomic mass is 9.62. The second-order valence-corrected chi connectivity index (χ2v) is 7.98. The highest BCUT2D eigenvalue weighted by atomic mass is 79.9. The van der Waals surface area contributed by atoms with E-state index in [-0.39, 0.29) is 5.41 Å². The van der Waals surface area contributed by atoms with Gasteiger partial charge in [-0.3, -0.25) is 0 Å². The first-order valence-corrected chi connectivity index (χ1v) is 8.21. The third kappa shape index (κ3) is 3.09. The van der Waals surface area contributed by atoms with E-state index >= 15 is 0 Å². The fraction of sp³-hybridized carbons (Fsp3) is 0.714. The zero-order valence-electron chi connectivity index (χ0n) is 11.4. The first-order chi connectivity index (χ1) is 8.80. The highest BCUT2D eigenvalue weighted by Gasteiger charge is 2.44. The molecule has 19 heavy (non-hydrogen) atoms. The van der Waals surface area contributed by atoms with E-state index in [4.69, 9.17) is 10.2 Å². The molecule has 1 aliphatic rings. The summed E-state index contributed by atoms with van der Waals surface area (Å²) >= 11 is 6.69. The zero-order chi connectivity index (χ0) is 14.3. The van der Waals surface area contributed by atoms with Crippen molar-refractivity contribution in [2.24, 2.45) is 16.6 Å². The molecule has 1 atom stereocenters. The molecule has 1 aromatic rings. The summed E-state index contributed by atoms with van der Waals surface area (Å²) in [5, 5.41) is 10.7. The molecule has 0 saturated heterocycles. The smallest absolute Gasteiger partial charge is 0.183 e. The van der Waals surface area contributed by atoms with E-state index in [1.807, 2.05) is 6.07 Å². The summed E-state index contributed by atoms with van der Waals surface area (Å²) in [6, 6.07) is 1.83. The van der Waals surface area contributed by atoms with Crippen LogP contribution in [0.3, 0.4) is 0 Å². The highest BCUT2D eigenvalue weighted by molar-refractivity contribution is 9.13. The molecule has 1 fully saturated rings. The number of rotatable bonds is 3. The van der Waals surface area contributed by atoms with Crippen molar-refractivity contribution >= 4 is 31.9 Å². The molecule has 0 spiro atoms. The predicted octanol–water partition coefficient (Wildman–Crippen LogP) is 4.38. The number of hydrogen-bond acceptors (Lipinski definition) is 3. The molecule has 0 amide bonds. The first-order valence-electron chi connectivity index (χ1n) is 6.63. The van der Waals surface area contributed by atoms with Crippen molar-refractivity contribution < 1.29 is 9.52 Å². The quantitative estimate of drug-likeness (QED) is 0.799. The van der Waals surface area contributed by atoms with Gasteiger partial charge < -0.3 is 15.3 Å². The van der Waals surface area contributed by atoms with Crippen molar-refractivity contribution in [1.82, 2.24) is 0 Å². The Hall–Kier alpha value is 0.160. The topological polar surface area (TPSA) is 59.4 Å². The van der Waals surface area contributed by atoms with Crippen molar-refractivity contribution in [2.45, 2.75) is 45.6 Å². The van der Waals surface area contributed by atoms with Crippen molar-refractivity contribution in [1.29, 1.82) is 0 Å². The average Bonchev–Trinajstić information content (AvgIpc) is 2.70. The number of halogens is 2. The number of hydrogen-bond donors (Lipinski definition) is 2. The minimum absolute atomic E-state index is 0.258. The van der Waals surface area contributed by atoms with E-state index in [0.29, 0.717) is 22.4 Å². The maximum atomic E-state index is 10.7. The van der Waals surface area contributed by atoms with E-state index in [1.165, 1.54) is 0 Å². The zero-order valence-corrected chi connectivity index (χ0v) is 14.6. The normalized spacial score (nSPS) is 23.3. The van der Waals surface area contributed by atoms with E-state index in [9.17, 15) is 5.11 Å². The molecule has 1 aromatic heterocycles. The van der Waals surface area contributed by atoms with Crippen molar-refractivity contribution in [3.05, 3.63) is 21.0 Å². The Labute approximate surface area is 131 Å². The number of aliphatic hydroxyl groups is 1. The summed E-state index contributed by atoms with van der Waals surface area (Å²) < 4.78 is 7.01. The van der Waals surface area contributed by atoms with Crippen LogP contribution in [0, 0.1) is 10.8 Å². The van der Waals surface area contributed by atoms with Gasteiger partial charge in [0.15, 0.2) is 4.67 Å². The fourth-order valence-corrected chi connectivity index (χ4v) is 3.42. The Morgan fingerprint density at radius 1 is 1.32 bits per heavy atom. The van der Waals surface area contributed by atoms with Gasteiger partial charge in [-0.2, -0.15) is 0 Å². The monoisotopic (exact) mass is 393 g/mol. The fourth-order valence-electron chi connectivity index (χ4n) is 2.81. The van der Waals surface area contributed by atoms with Crippen LogP contribution in [0.4, 0.5) is 0 Å². The van der Waals surface area contributed by atoms with Gasteiger partial charge in [-0.05, 0) is 69.0 Å². The molecule has 0 bridgehead atoms. The summed E-state index contributed by atoms with van der Waals surface area (Å²) in [5.74, 6) is 0.587. The van der Waals surface area contributed by atoms with E-state index in [1.54, 1.807) is 0 Å². The van der Waals surface area contributed by atoms with Crippen molar-refractivity contribution in [3.8, 4) is 0 Å². The maximum absolute atomic E-state index is 10.7. The Balaban J connectivity index is 2.22. The standard InChI is InChI=1S/C14H21Br2NO2/c1-13(2)3-5-14(8-17,6-4-13)11(18)10-7-9(15)12(16)19-10/h7,11,18H,3-6,8,17H2,1-2H3. The number of furan rings is 1. The summed E-state index contributed by atoms with van der Waals surface area (Å²) in [6.07, 6.45) is 3.41. The Morgan fingerprint density at radius 3 is 2.32 bits per heavy atom. The molecule has 1 saturated carbocycles. The summed E-state index contributed by atoms with van der Waals surface area (Å²) in [6.45, 7) is 5.04. The molecule has 2 rings (SSSR count). The molecule has 0 aromatic carbocycles. The van der Waals surface area contributed by atoms with E-state index in [2.05, 4.69) is 45.7 Å². The molecule has 108 valence electrons. The SMILES string of the molecule is CC1(C)CCC(CN)(C(O)c2cc(Br)c(Br)o2)CC1. The molecule has 1 aliphatic carbocycles. The van der Waals surface area contributed by atoms with Gasteiger partial charge >= 0.3 is 0 Å². The Kier molecular flexibility index (Phi) is 4.51. The van der Waals surface area contributed by atoms with Gasteiger partial charge in [0.1, 0.15) is 11.9 Å². The third-order valence-electron chi connectivity index (χ3n) is 4.52. The number of nitrogens with two attached hydrogens (primary N) is 1. The Morgan fingerprint density at radius 2 is 1.89 bits per heavy atom. The second kappa shape index (κ2) is 5.51. The lowest BCUT2D eigenvalue weighted by molar-refractivity contribution is -0.0351.